The summed E-state index contributed by atoms with van der Waals surface area (Å²) in [5.74, 6) is 0.542. The summed E-state index contributed by atoms with van der Waals surface area (Å²) in [6.45, 7) is 0.509. The van der Waals surface area contributed by atoms with E-state index in [0.717, 1.165) is 5.56 Å². The monoisotopic (exact) mass is 250 g/mol. The largest absolute Gasteiger partial charge is 0.391 e. The van der Waals surface area contributed by atoms with Crippen LogP contribution in [0.3, 0.4) is 0 Å². The molecule has 0 bridgehead atoms. The van der Waals surface area contributed by atoms with Crippen LogP contribution in [0, 0.1) is 5.92 Å². The van der Waals surface area contributed by atoms with Crippen LogP contribution in [0.1, 0.15) is 18.4 Å². The first-order valence-corrected chi connectivity index (χ1v) is 6.64. The van der Waals surface area contributed by atoms with Crippen molar-refractivity contribution in [1.82, 2.24) is 0 Å². The zero-order valence-electron chi connectivity index (χ0n) is 10.8. The summed E-state index contributed by atoms with van der Waals surface area (Å²) in [5.41, 5.74) is 3.58. The molecule has 2 heteroatoms. The van der Waals surface area contributed by atoms with Gasteiger partial charge >= 0.3 is 0 Å². The molecule has 0 unspecified atom stereocenters. The van der Waals surface area contributed by atoms with Gasteiger partial charge in [-0.15, -0.1) is 0 Å². The lowest BCUT2D eigenvalue weighted by Gasteiger charge is -2.03. The topological polar surface area (TPSA) is 21.6 Å². The molecule has 1 aliphatic carbocycles. The van der Waals surface area contributed by atoms with E-state index in [2.05, 4.69) is 59.9 Å². The number of rotatable bonds is 5. The van der Waals surface area contributed by atoms with E-state index in [1.807, 2.05) is 6.07 Å². The van der Waals surface area contributed by atoms with Crippen LogP contribution in [-0.4, -0.2) is 6.21 Å². The van der Waals surface area contributed by atoms with Gasteiger partial charge in [-0.3, -0.25) is 0 Å². The van der Waals surface area contributed by atoms with Crippen LogP contribution in [0.25, 0.3) is 11.1 Å². The lowest BCUT2D eigenvalue weighted by atomic mass is 10.0. The summed E-state index contributed by atoms with van der Waals surface area (Å²) in [7, 11) is 0. The highest BCUT2D eigenvalue weighted by atomic mass is 16.6. The van der Waals surface area contributed by atoms with E-state index in [0.29, 0.717) is 12.5 Å². The Morgan fingerprint density at radius 1 is 0.947 bits per heavy atom. The molecule has 0 spiro atoms. The van der Waals surface area contributed by atoms with Crippen LogP contribution in [0.15, 0.2) is 59.8 Å². The third-order valence-corrected chi connectivity index (χ3v) is 3.17. The standard InChI is InChI=1S/C17H16NO/c1-2-4-16(5-3-1)17-10-8-15(9-11-17)13-19-18-12-14-6-7-14/h1-5,8-11,14H,6-7,13H2. The molecule has 2 aromatic rings. The molecule has 1 fully saturated rings. The van der Waals surface area contributed by atoms with Crippen molar-refractivity contribution in [1.29, 1.82) is 0 Å². The fourth-order valence-corrected chi connectivity index (χ4v) is 1.86. The third kappa shape index (κ3) is 3.44. The maximum Gasteiger partial charge on any atom is 0.142 e. The normalized spacial score (nSPS) is 14.7. The van der Waals surface area contributed by atoms with E-state index < -0.39 is 0 Å². The summed E-state index contributed by atoms with van der Waals surface area (Å²) in [5, 5.41) is 3.86. The minimum atomic E-state index is 0.509. The quantitative estimate of drug-likeness (QED) is 0.577. The predicted molar refractivity (Wildman–Crippen MR) is 76.8 cm³/mol. The van der Waals surface area contributed by atoms with E-state index in [1.165, 1.54) is 24.0 Å². The molecular weight excluding hydrogens is 234 g/mol. The van der Waals surface area contributed by atoms with E-state index >= 15 is 0 Å². The Labute approximate surface area is 113 Å². The molecule has 0 saturated heterocycles. The zero-order valence-corrected chi connectivity index (χ0v) is 10.8. The van der Waals surface area contributed by atoms with Gasteiger partial charge in [-0.1, -0.05) is 59.8 Å². The van der Waals surface area contributed by atoms with Gasteiger partial charge in [-0.05, 0) is 29.5 Å². The van der Waals surface area contributed by atoms with Crippen molar-refractivity contribution in [3.63, 3.8) is 0 Å². The summed E-state index contributed by atoms with van der Waals surface area (Å²) < 4.78 is 0. The maximum absolute atomic E-state index is 5.23. The molecule has 2 nitrogen and oxygen atoms in total. The number of benzene rings is 2. The highest BCUT2D eigenvalue weighted by Crippen LogP contribution is 2.26. The van der Waals surface area contributed by atoms with Crippen molar-refractivity contribution >= 4 is 6.21 Å². The molecule has 1 radical (unpaired) electrons. The van der Waals surface area contributed by atoms with Gasteiger partial charge in [0.25, 0.3) is 0 Å². The zero-order chi connectivity index (χ0) is 12.9. The number of nitrogens with zero attached hydrogens (tertiary/aromatic N) is 1. The van der Waals surface area contributed by atoms with Crippen LogP contribution in [0.4, 0.5) is 0 Å². The van der Waals surface area contributed by atoms with Gasteiger partial charge in [-0.2, -0.15) is 0 Å². The Kier molecular flexibility index (Phi) is 3.59. The highest BCUT2D eigenvalue weighted by molar-refractivity contribution is 5.63. The second kappa shape index (κ2) is 5.70. The van der Waals surface area contributed by atoms with Crippen molar-refractivity contribution in [2.75, 3.05) is 0 Å². The molecule has 95 valence electrons. The summed E-state index contributed by atoms with van der Waals surface area (Å²) >= 11 is 0. The van der Waals surface area contributed by atoms with Crippen molar-refractivity contribution in [3.8, 4) is 11.1 Å². The molecule has 0 aromatic heterocycles. The molecule has 0 aliphatic heterocycles. The molecule has 1 aliphatic rings. The molecule has 1 saturated carbocycles. The van der Waals surface area contributed by atoms with E-state index in [4.69, 9.17) is 4.84 Å². The summed E-state index contributed by atoms with van der Waals surface area (Å²) in [6.07, 6.45) is 5.38. The van der Waals surface area contributed by atoms with Gasteiger partial charge in [0.05, 0.1) is 0 Å². The molecular formula is C17H16NO. The fraction of sp³-hybridized carbons (Fsp3) is 0.235. The first kappa shape index (κ1) is 12.0. The Balaban J connectivity index is 1.59. The van der Waals surface area contributed by atoms with Crippen molar-refractivity contribution in [3.05, 3.63) is 60.2 Å². The second-order valence-electron chi connectivity index (χ2n) is 4.83. The third-order valence-electron chi connectivity index (χ3n) is 3.17. The Hall–Kier alpha value is -2.09. The van der Waals surface area contributed by atoms with E-state index in [1.54, 1.807) is 0 Å². The highest BCUT2D eigenvalue weighted by Gasteiger charge is 2.19. The number of hydrogen-bond acceptors (Lipinski definition) is 2. The molecule has 2 aromatic carbocycles. The lowest BCUT2D eigenvalue weighted by molar-refractivity contribution is 0.131. The van der Waals surface area contributed by atoms with Gasteiger partial charge < -0.3 is 4.84 Å². The fourth-order valence-electron chi connectivity index (χ4n) is 1.86. The van der Waals surface area contributed by atoms with Crippen LogP contribution >= 0.6 is 0 Å². The summed E-state index contributed by atoms with van der Waals surface area (Å²) in [6, 6.07) is 18.7. The van der Waals surface area contributed by atoms with Crippen molar-refractivity contribution in [2.24, 2.45) is 11.1 Å². The van der Waals surface area contributed by atoms with Crippen molar-refractivity contribution < 1.29 is 4.84 Å². The second-order valence-corrected chi connectivity index (χ2v) is 4.83. The Morgan fingerprint density at radius 2 is 1.63 bits per heavy atom. The molecule has 19 heavy (non-hydrogen) atoms. The maximum atomic E-state index is 5.23. The average molecular weight is 250 g/mol. The van der Waals surface area contributed by atoms with Crippen molar-refractivity contribution in [2.45, 2.75) is 19.4 Å². The molecule has 0 atom stereocenters. The first-order valence-electron chi connectivity index (χ1n) is 6.64. The van der Waals surface area contributed by atoms with E-state index in [-0.39, 0.29) is 0 Å². The summed E-state index contributed by atoms with van der Waals surface area (Å²) in [4.78, 5) is 5.23. The molecule has 0 amide bonds. The smallest absolute Gasteiger partial charge is 0.142 e. The van der Waals surface area contributed by atoms with Gasteiger partial charge in [-0.25, -0.2) is 0 Å². The molecule has 0 N–H and O–H groups in total. The van der Waals surface area contributed by atoms with Crippen LogP contribution in [0.5, 0.6) is 0 Å². The van der Waals surface area contributed by atoms with Gasteiger partial charge in [0, 0.05) is 5.92 Å². The predicted octanol–water partition coefficient (Wildman–Crippen LogP) is 4.14. The van der Waals surface area contributed by atoms with Crippen LogP contribution in [-0.2, 0) is 11.4 Å². The van der Waals surface area contributed by atoms with E-state index in [9.17, 15) is 0 Å². The SMILES string of the molecule is [C](=N/OCc1ccc(-c2ccccc2)cc1)/C1CC1. The minimum absolute atomic E-state index is 0.509. The average Bonchev–Trinajstić information content (AvgIpc) is 3.29. The minimum Gasteiger partial charge on any atom is -0.391 e. The molecule has 3 rings (SSSR count). The number of hydrogen-bond donors (Lipinski definition) is 0. The van der Waals surface area contributed by atoms with Gasteiger partial charge in [0.1, 0.15) is 12.8 Å². The Morgan fingerprint density at radius 3 is 2.32 bits per heavy atom. The van der Waals surface area contributed by atoms with Crippen LogP contribution in [0.2, 0.25) is 0 Å². The molecule has 0 heterocycles. The van der Waals surface area contributed by atoms with Gasteiger partial charge in [0.15, 0.2) is 0 Å². The lowest BCUT2D eigenvalue weighted by Crippen LogP contribution is -1.88. The Bertz CT molecular complexity index is 541. The van der Waals surface area contributed by atoms with Crippen LogP contribution < -0.4 is 0 Å². The van der Waals surface area contributed by atoms with Gasteiger partial charge in [0.2, 0.25) is 0 Å². The first-order chi connectivity index (χ1) is 9.42.